The summed E-state index contributed by atoms with van der Waals surface area (Å²) in [5.41, 5.74) is 4.73. The van der Waals surface area contributed by atoms with E-state index in [4.69, 9.17) is 9.72 Å². The lowest BCUT2D eigenvalue weighted by molar-refractivity contribution is 0.0594. The van der Waals surface area contributed by atoms with Crippen molar-refractivity contribution in [1.29, 1.82) is 0 Å². The first-order valence-electron chi connectivity index (χ1n) is 13.5. The number of imidazole rings is 1. The van der Waals surface area contributed by atoms with E-state index < -0.39 is 16.0 Å². The largest absolute Gasteiger partial charge is 0.464 e. The van der Waals surface area contributed by atoms with Gasteiger partial charge in [0.1, 0.15) is 5.82 Å². The second-order valence-electron chi connectivity index (χ2n) is 9.86. The van der Waals surface area contributed by atoms with E-state index in [9.17, 15) is 13.2 Å². The number of aryl methyl sites for hydroxylation is 1. The van der Waals surface area contributed by atoms with Crippen LogP contribution in [-0.4, -0.2) is 35.0 Å². The summed E-state index contributed by atoms with van der Waals surface area (Å²) in [6.45, 7) is 2.79. The van der Waals surface area contributed by atoms with Crippen LogP contribution in [0, 0.1) is 0 Å². The fourth-order valence-corrected chi connectivity index (χ4v) is 6.95. The van der Waals surface area contributed by atoms with Crippen LogP contribution in [0.2, 0.25) is 0 Å². The van der Waals surface area contributed by atoms with Gasteiger partial charge in [-0.2, -0.15) is 0 Å². The van der Waals surface area contributed by atoms with Gasteiger partial charge in [0.2, 0.25) is 0 Å². The Balaban J connectivity index is 1.49. The van der Waals surface area contributed by atoms with Crippen molar-refractivity contribution in [2.45, 2.75) is 31.2 Å². The molecule has 0 fully saturated rings. The number of hydrogen-bond acceptors (Lipinski definition) is 5. The van der Waals surface area contributed by atoms with Crippen molar-refractivity contribution in [3.05, 3.63) is 120 Å². The summed E-state index contributed by atoms with van der Waals surface area (Å²) in [6.07, 6.45) is 1.87. The summed E-state index contributed by atoms with van der Waals surface area (Å²) >= 11 is 0. The fraction of sp³-hybridized carbons (Fsp3) is 0.152. The Kier molecular flexibility index (Phi) is 6.93. The number of fused-ring (bicyclic) bond motifs is 2. The van der Waals surface area contributed by atoms with Gasteiger partial charge in [0.15, 0.2) is 5.69 Å². The number of nitrogens with zero attached hydrogens (tertiary/aromatic N) is 3. The highest BCUT2D eigenvalue weighted by Crippen LogP contribution is 2.38. The number of methoxy groups -OCH3 is 1. The van der Waals surface area contributed by atoms with Gasteiger partial charge in [-0.25, -0.2) is 22.2 Å². The number of ether oxygens (including phenoxy) is 1. The maximum Gasteiger partial charge on any atom is 0.356 e. The molecule has 0 saturated carbocycles. The SMILES string of the molecule is CCCc1nc2ccccc2n1Cc1ccc(-c2c(C(=O)OC)n(S(=O)(=O)c3ccccc3)c3ccccc23)cc1. The van der Waals surface area contributed by atoms with E-state index in [2.05, 4.69) is 17.6 Å². The molecular formula is C33H29N3O4S. The van der Waals surface area contributed by atoms with Gasteiger partial charge in [-0.1, -0.05) is 79.7 Å². The molecule has 0 aliphatic carbocycles. The molecule has 2 heterocycles. The summed E-state index contributed by atoms with van der Waals surface area (Å²) in [7, 11) is -2.85. The van der Waals surface area contributed by atoms with E-state index in [1.165, 1.54) is 19.2 Å². The predicted molar refractivity (Wildman–Crippen MR) is 161 cm³/mol. The topological polar surface area (TPSA) is 83.2 Å². The zero-order chi connectivity index (χ0) is 28.6. The van der Waals surface area contributed by atoms with Crippen LogP contribution in [-0.2, 0) is 27.7 Å². The van der Waals surface area contributed by atoms with Crippen LogP contribution >= 0.6 is 0 Å². The summed E-state index contributed by atoms with van der Waals surface area (Å²) < 4.78 is 36.3. The third kappa shape index (κ3) is 4.60. The highest BCUT2D eigenvalue weighted by molar-refractivity contribution is 7.90. The molecule has 6 rings (SSSR count). The molecule has 0 bridgehead atoms. The van der Waals surface area contributed by atoms with Gasteiger partial charge in [0.05, 0.1) is 28.6 Å². The van der Waals surface area contributed by atoms with Crippen LogP contribution in [0.15, 0.2) is 108 Å². The zero-order valence-corrected chi connectivity index (χ0v) is 23.6. The Hall–Kier alpha value is -4.69. The second-order valence-corrected chi connectivity index (χ2v) is 11.7. The van der Waals surface area contributed by atoms with Gasteiger partial charge in [-0.05, 0) is 47.9 Å². The van der Waals surface area contributed by atoms with Gasteiger partial charge in [-0.15, -0.1) is 0 Å². The summed E-state index contributed by atoms with van der Waals surface area (Å²) in [6, 6.07) is 31.3. The van der Waals surface area contributed by atoms with Gasteiger partial charge < -0.3 is 9.30 Å². The molecule has 0 unspecified atom stereocenters. The van der Waals surface area contributed by atoms with Crippen molar-refractivity contribution in [2.75, 3.05) is 7.11 Å². The highest BCUT2D eigenvalue weighted by atomic mass is 32.2. The first-order valence-corrected chi connectivity index (χ1v) is 14.9. The first kappa shape index (κ1) is 26.5. The quantitative estimate of drug-likeness (QED) is 0.193. The monoisotopic (exact) mass is 563 g/mol. The highest BCUT2D eigenvalue weighted by Gasteiger charge is 2.31. The Morgan fingerprint density at radius 2 is 1.49 bits per heavy atom. The number of benzene rings is 4. The van der Waals surface area contributed by atoms with Crippen LogP contribution in [0.3, 0.4) is 0 Å². The lowest BCUT2D eigenvalue weighted by atomic mass is 10.0. The van der Waals surface area contributed by atoms with Gasteiger partial charge in [0, 0.05) is 23.9 Å². The van der Waals surface area contributed by atoms with Crippen LogP contribution in [0.1, 0.15) is 35.2 Å². The molecule has 0 aliphatic heterocycles. The molecule has 0 N–H and O–H groups in total. The minimum atomic E-state index is -4.11. The van der Waals surface area contributed by atoms with Gasteiger partial charge >= 0.3 is 5.97 Å². The molecule has 4 aromatic carbocycles. The van der Waals surface area contributed by atoms with Crippen molar-refractivity contribution >= 4 is 37.9 Å². The van der Waals surface area contributed by atoms with Crippen LogP contribution in [0.25, 0.3) is 33.1 Å². The van der Waals surface area contributed by atoms with Crippen LogP contribution in [0.5, 0.6) is 0 Å². The minimum absolute atomic E-state index is 0.0314. The third-order valence-electron chi connectivity index (χ3n) is 7.28. The number of carbonyl (C=O) groups is 1. The summed E-state index contributed by atoms with van der Waals surface area (Å²) in [5.74, 6) is 0.314. The molecule has 0 spiro atoms. The third-order valence-corrected chi connectivity index (χ3v) is 9.01. The number of carbonyl (C=O) groups excluding carboxylic acids is 1. The van der Waals surface area contributed by atoms with Gasteiger partial charge in [-0.3, -0.25) is 0 Å². The average molecular weight is 564 g/mol. The lowest BCUT2D eigenvalue weighted by Gasteiger charge is -2.12. The van der Waals surface area contributed by atoms with E-state index >= 15 is 0 Å². The number of hydrogen-bond donors (Lipinski definition) is 0. The smallest absolute Gasteiger partial charge is 0.356 e. The Morgan fingerprint density at radius 3 is 2.20 bits per heavy atom. The molecule has 6 aromatic rings. The molecule has 41 heavy (non-hydrogen) atoms. The molecule has 0 radical (unpaired) electrons. The van der Waals surface area contributed by atoms with E-state index in [1.54, 1.807) is 30.3 Å². The van der Waals surface area contributed by atoms with E-state index in [1.807, 2.05) is 54.6 Å². The molecule has 0 atom stereocenters. The van der Waals surface area contributed by atoms with Crippen molar-refractivity contribution < 1.29 is 17.9 Å². The number of para-hydroxylation sites is 3. The normalized spacial score (nSPS) is 11.8. The minimum Gasteiger partial charge on any atom is -0.464 e. The zero-order valence-electron chi connectivity index (χ0n) is 22.8. The van der Waals surface area contributed by atoms with Gasteiger partial charge in [0.25, 0.3) is 10.0 Å². The first-order chi connectivity index (χ1) is 19.9. The number of rotatable bonds is 8. The maximum absolute atomic E-state index is 13.9. The van der Waals surface area contributed by atoms with Crippen molar-refractivity contribution in [3.8, 4) is 11.1 Å². The van der Waals surface area contributed by atoms with E-state index in [0.29, 0.717) is 23.0 Å². The Morgan fingerprint density at radius 1 is 0.829 bits per heavy atom. The number of aromatic nitrogens is 3. The molecule has 206 valence electrons. The Labute approximate surface area is 238 Å². The van der Waals surface area contributed by atoms with Crippen molar-refractivity contribution in [1.82, 2.24) is 13.5 Å². The summed E-state index contributed by atoms with van der Waals surface area (Å²) in [4.78, 5) is 18.2. The average Bonchev–Trinajstić information content (AvgIpc) is 3.54. The predicted octanol–water partition coefficient (Wildman–Crippen LogP) is 6.68. The fourth-order valence-electron chi connectivity index (χ4n) is 5.41. The standard InChI is InChI=1S/C33H29N3O4S/c1-3-11-30-34-27-15-8-10-17-29(27)35(30)22-23-18-20-24(21-19-23)31-26-14-7-9-16-28(26)36(32(31)33(37)40-2)41(38,39)25-12-5-4-6-13-25/h4-10,12-21H,3,11,22H2,1-2H3. The molecule has 0 saturated heterocycles. The van der Waals surface area contributed by atoms with Crippen molar-refractivity contribution in [3.63, 3.8) is 0 Å². The Bertz CT molecular complexity index is 1990. The van der Waals surface area contributed by atoms with E-state index in [-0.39, 0.29) is 10.6 Å². The second kappa shape index (κ2) is 10.7. The van der Waals surface area contributed by atoms with Crippen molar-refractivity contribution in [2.24, 2.45) is 0 Å². The molecule has 2 aromatic heterocycles. The molecule has 7 nitrogen and oxygen atoms in total. The van der Waals surface area contributed by atoms with E-state index in [0.717, 1.165) is 44.8 Å². The molecule has 0 amide bonds. The van der Waals surface area contributed by atoms with Crippen LogP contribution < -0.4 is 0 Å². The maximum atomic E-state index is 13.9. The molecular weight excluding hydrogens is 534 g/mol. The number of esters is 1. The lowest BCUT2D eigenvalue weighted by Crippen LogP contribution is -2.19. The summed E-state index contributed by atoms with van der Waals surface area (Å²) in [5, 5.41) is 0.644. The van der Waals surface area contributed by atoms with Crippen LogP contribution in [0.4, 0.5) is 0 Å². The molecule has 0 aliphatic rings. The molecule has 8 heteroatoms.